The number of nitrogens with zero attached hydrogens (tertiary/aromatic N) is 1. The highest BCUT2D eigenvalue weighted by Gasteiger charge is 2.31. The molecule has 0 spiro atoms. The third kappa shape index (κ3) is 7.90. The normalized spacial score (nSPS) is 11.4. The number of hydrogen-bond acceptors (Lipinski definition) is 4. The summed E-state index contributed by atoms with van der Waals surface area (Å²) < 4.78 is 10.9. The summed E-state index contributed by atoms with van der Waals surface area (Å²) in [6.07, 6.45) is 1.12. The third-order valence-electron chi connectivity index (χ3n) is 5.60. The zero-order chi connectivity index (χ0) is 25.9. The second-order valence-corrected chi connectivity index (χ2v) is 9.06. The number of amides is 2. The molecule has 1 atom stereocenters. The van der Waals surface area contributed by atoms with Gasteiger partial charge >= 0.3 is 0 Å². The number of carbonyl (C=O) groups excluding carboxylic acids is 2. The summed E-state index contributed by atoms with van der Waals surface area (Å²) >= 11 is 12.5. The van der Waals surface area contributed by atoms with Gasteiger partial charge in [-0.2, -0.15) is 0 Å². The predicted octanol–water partition coefficient (Wildman–Crippen LogP) is 5.55. The van der Waals surface area contributed by atoms with E-state index in [9.17, 15) is 9.59 Å². The molecule has 3 aromatic rings. The molecule has 8 heteroatoms. The molecule has 0 saturated heterocycles. The number of methoxy groups -OCH3 is 1. The topological polar surface area (TPSA) is 67.9 Å². The van der Waals surface area contributed by atoms with E-state index in [4.69, 9.17) is 32.7 Å². The standard InChI is InChI=1S/C28H30Cl2N2O4/c1-3-15-31-28(34)26(16-20-7-5-4-6-8-20)32(18-21-9-10-22(29)17-25(21)30)27(33)19-36-24-13-11-23(35-2)12-14-24/h4-14,17,26H,3,15-16,18-19H2,1-2H3,(H,31,34)/t26-/m1/s1. The van der Waals surface area contributed by atoms with Gasteiger partial charge in [0, 0.05) is 29.6 Å². The molecule has 190 valence electrons. The monoisotopic (exact) mass is 528 g/mol. The van der Waals surface area contributed by atoms with Gasteiger partial charge in [-0.15, -0.1) is 0 Å². The maximum Gasteiger partial charge on any atom is 0.261 e. The van der Waals surface area contributed by atoms with Crippen molar-refractivity contribution in [2.24, 2.45) is 0 Å². The summed E-state index contributed by atoms with van der Waals surface area (Å²) in [5.41, 5.74) is 1.62. The minimum absolute atomic E-state index is 0.123. The highest BCUT2D eigenvalue weighted by molar-refractivity contribution is 6.35. The largest absolute Gasteiger partial charge is 0.497 e. The summed E-state index contributed by atoms with van der Waals surface area (Å²) in [7, 11) is 1.58. The molecule has 1 N–H and O–H groups in total. The van der Waals surface area contributed by atoms with Gasteiger partial charge in [-0.25, -0.2) is 0 Å². The number of ether oxygens (including phenoxy) is 2. The lowest BCUT2D eigenvalue weighted by Crippen LogP contribution is -2.51. The van der Waals surface area contributed by atoms with Gasteiger partial charge < -0.3 is 19.7 Å². The van der Waals surface area contributed by atoms with Crippen LogP contribution in [0.3, 0.4) is 0 Å². The zero-order valence-electron chi connectivity index (χ0n) is 20.4. The number of carbonyl (C=O) groups is 2. The SMILES string of the molecule is CCCNC(=O)[C@@H](Cc1ccccc1)N(Cc1ccc(Cl)cc1Cl)C(=O)COc1ccc(OC)cc1. The Bertz CT molecular complexity index is 1140. The molecular formula is C28H30Cl2N2O4. The smallest absolute Gasteiger partial charge is 0.261 e. The van der Waals surface area contributed by atoms with Crippen LogP contribution in [-0.2, 0) is 22.6 Å². The predicted molar refractivity (Wildman–Crippen MR) is 143 cm³/mol. The van der Waals surface area contributed by atoms with E-state index in [2.05, 4.69) is 5.32 Å². The number of halogens is 2. The lowest BCUT2D eigenvalue weighted by atomic mass is 10.0. The first kappa shape index (κ1) is 27.4. The Labute approximate surface area is 222 Å². The van der Waals surface area contributed by atoms with E-state index in [0.29, 0.717) is 40.1 Å². The highest BCUT2D eigenvalue weighted by atomic mass is 35.5. The quantitative estimate of drug-likeness (QED) is 0.334. The van der Waals surface area contributed by atoms with Crippen molar-refractivity contribution in [2.45, 2.75) is 32.4 Å². The minimum atomic E-state index is -0.766. The average molecular weight is 529 g/mol. The third-order valence-corrected chi connectivity index (χ3v) is 6.18. The zero-order valence-corrected chi connectivity index (χ0v) is 21.9. The average Bonchev–Trinajstić information content (AvgIpc) is 2.89. The number of nitrogens with one attached hydrogen (secondary N) is 1. The van der Waals surface area contributed by atoms with Gasteiger partial charge in [0.1, 0.15) is 17.5 Å². The summed E-state index contributed by atoms with van der Waals surface area (Å²) in [6, 6.07) is 20.9. The molecule has 0 saturated carbocycles. The van der Waals surface area contributed by atoms with E-state index in [1.807, 2.05) is 37.3 Å². The van der Waals surface area contributed by atoms with Gasteiger partial charge in [0.15, 0.2) is 6.61 Å². The van der Waals surface area contributed by atoms with Crippen molar-refractivity contribution in [3.8, 4) is 11.5 Å². The van der Waals surface area contributed by atoms with Crippen molar-refractivity contribution in [3.05, 3.63) is 94.0 Å². The molecule has 0 aromatic heterocycles. The van der Waals surface area contributed by atoms with Crippen molar-refractivity contribution in [3.63, 3.8) is 0 Å². The van der Waals surface area contributed by atoms with Gasteiger partial charge in [-0.05, 0) is 53.9 Å². The minimum Gasteiger partial charge on any atom is -0.497 e. The maximum atomic E-state index is 13.6. The first-order chi connectivity index (χ1) is 17.4. The Hall–Kier alpha value is -3.22. The number of benzene rings is 3. The molecule has 0 aliphatic heterocycles. The Morgan fingerprint density at radius 3 is 2.31 bits per heavy atom. The molecule has 3 aromatic carbocycles. The fraction of sp³-hybridized carbons (Fsp3) is 0.286. The fourth-order valence-electron chi connectivity index (χ4n) is 3.65. The summed E-state index contributed by atoms with van der Waals surface area (Å²) in [5.74, 6) is 0.625. The van der Waals surface area contributed by atoms with E-state index in [1.165, 1.54) is 4.90 Å². The molecule has 6 nitrogen and oxygen atoms in total. The van der Waals surface area contributed by atoms with Crippen LogP contribution in [0, 0.1) is 0 Å². The van der Waals surface area contributed by atoms with Crippen LogP contribution in [0.2, 0.25) is 10.0 Å². The van der Waals surface area contributed by atoms with Gasteiger partial charge in [-0.3, -0.25) is 9.59 Å². The van der Waals surface area contributed by atoms with Crippen LogP contribution >= 0.6 is 23.2 Å². The molecule has 0 bridgehead atoms. The first-order valence-electron chi connectivity index (χ1n) is 11.7. The molecule has 2 amide bonds. The van der Waals surface area contributed by atoms with Crippen molar-refractivity contribution >= 4 is 35.0 Å². The lowest BCUT2D eigenvalue weighted by Gasteiger charge is -2.31. The van der Waals surface area contributed by atoms with Crippen LogP contribution < -0.4 is 14.8 Å². The second kappa shape index (κ2) is 13.8. The number of hydrogen-bond donors (Lipinski definition) is 1. The van der Waals surface area contributed by atoms with Crippen LogP contribution in [0.4, 0.5) is 0 Å². The van der Waals surface area contributed by atoms with Crippen LogP contribution in [0.5, 0.6) is 11.5 Å². The number of rotatable bonds is 12. The van der Waals surface area contributed by atoms with Gasteiger partial charge in [-0.1, -0.05) is 66.5 Å². The molecule has 0 aliphatic carbocycles. The molecule has 0 radical (unpaired) electrons. The lowest BCUT2D eigenvalue weighted by molar-refractivity contribution is -0.142. The van der Waals surface area contributed by atoms with Crippen LogP contribution in [-0.4, -0.2) is 43.0 Å². The van der Waals surface area contributed by atoms with Crippen molar-refractivity contribution in [1.82, 2.24) is 10.2 Å². The summed E-state index contributed by atoms with van der Waals surface area (Å²) in [5, 5.41) is 3.85. The highest BCUT2D eigenvalue weighted by Crippen LogP contribution is 2.24. The summed E-state index contributed by atoms with van der Waals surface area (Å²) in [6.45, 7) is 2.36. The van der Waals surface area contributed by atoms with E-state index in [-0.39, 0.29) is 25.0 Å². The maximum absolute atomic E-state index is 13.6. The van der Waals surface area contributed by atoms with E-state index in [1.54, 1.807) is 49.6 Å². The Balaban J connectivity index is 1.90. The Kier molecular flexibility index (Phi) is 10.5. The van der Waals surface area contributed by atoms with Crippen molar-refractivity contribution in [1.29, 1.82) is 0 Å². The van der Waals surface area contributed by atoms with Crippen molar-refractivity contribution in [2.75, 3.05) is 20.3 Å². The summed E-state index contributed by atoms with van der Waals surface area (Å²) in [4.78, 5) is 28.4. The van der Waals surface area contributed by atoms with E-state index in [0.717, 1.165) is 12.0 Å². The fourth-order valence-corrected chi connectivity index (χ4v) is 4.12. The van der Waals surface area contributed by atoms with Crippen molar-refractivity contribution < 1.29 is 19.1 Å². The van der Waals surface area contributed by atoms with Crippen LogP contribution in [0.25, 0.3) is 0 Å². The van der Waals surface area contributed by atoms with Gasteiger partial charge in [0.05, 0.1) is 7.11 Å². The van der Waals surface area contributed by atoms with Crippen LogP contribution in [0.1, 0.15) is 24.5 Å². The Morgan fingerprint density at radius 1 is 0.972 bits per heavy atom. The molecular weight excluding hydrogens is 499 g/mol. The molecule has 0 fully saturated rings. The molecule has 0 unspecified atom stereocenters. The molecule has 3 rings (SSSR count). The van der Waals surface area contributed by atoms with E-state index < -0.39 is 6.04 Å². The van der Waals surface area contributed by atoms with E-state index >= 15 is 0 Å². The Morgan fingerprint density at radius 2 is 1.67 bits per heavy atom. The second-order valence-electron chi connectivity index (χ2n) is 8.22. The molecule has 0 aliphatic rings. The molecule has 36 heavy (non-hydrogen) atoms. The van der Waals surface area contributed by atoms with Gasteiger partial charge in [0.25, 0.3) is 5.91 Å². The first-order valence-corrected chi connectivity index (χ1v) is 12.5. The van der Waals surface area contributed by atoms with Gasteiger partial charge in [0.2, 0.25) is 5.91 Å². The molecule has 0 heterocycles. The van der Waals surface area contributed by atoms with Crippen LogP contribution in [0.15, 0.2) is 72.8 Å².